The molecule has 37 heavy (non-hydrogen) atoms. The van der Waals surface area contributed by atoms with Gasteiger partial charge in [0.05, 0.1) is 32.4 Å². The van der Waals surface area contributed by atoms with E-state index in [0.717, 1.165) is 44.8 Å². The summed E-state index contributed by atoms with van der Waals surface area (Å²) in [5.41, 5.74) is 7.77. The van der Waals surface area contributed by atoms with Crippen LogP contribution < -0.4 is 19.9 Å². The maximum absolute atomic E-state index is 13.1. The van der Waals surface area contributed by atoms with Crippen molar-refractivity contribution in [1.29, 1.82) is 0 Å². The molecule has 0 radical (unpaired) electrons. The summed E-state index contributed by atoms with van der Waals surface area (Å²) in [6, 6.07) is 16.8. The van der Waals surface area contributed by atoms with Gasteiger partial charge in [-0.3, -0.25) is 4.90 Å². The number of morpholine rings is 1. The Kier molecular flexibility index (Phi) is 7.62. The van der Waals surface area contributed by atoms with Gasteiger partial charge in [-0.05, 0) is 61.0 Å². The molecule has 3 aromatic carbocycles. The highest BCUT2D eigenvalue weighted by molar-refractivity contribution is 5.92. The van der Waals surface area contributed by atoms with Crippen molar-refractivity contribution in [1.82, 2.24) is 14.9 Å². The van der Waals surface area contributed by atoms with Crippen molar-refractivity contribution in [2.45, 2.75) is 6.42 Å². The summed E-state index contributed by atoms with van der Waals surface area (Å²) in [5.74, 6) is 2.89. The van der Waals surface area contributed by atoms with Crippen LogP contribution in [0.3, 0.4) is 0 Å². The van der Waals surface area contributed by atoms with Gasteiger partial charge in [0.25, 0.3) is 0 Å². The lowest BCUT2D eigenvalue weighted by Crippen LogP contribution is -2.37. The van der Waals surface area contributed by atoms with Crippen LogP contribution in [0.25, 0.3) is 22.3 Å². The number of methoxy groups -OCH3 is 1. The van der Waals surface area contributed by atoms with Gasteiger partial charge in [0.1, 0.15) is 23.1 Å². The monoisotopic (exact) mass is 504 g/mol. The first-order valence-corrected chi connectivity index (χ1v) is 12.2. The lowest BCUT2D eigenvalue weighted by Gasteiger charge is -2.26. The second kappa shape index (κ2) is 11.4. The number of hydrogen-bond acceptors (Lipinski definition) is 8. The molecule has 0 atom stereocenters. The molecule has 0 spiro atoms. The third kappa shape index (κ3) is 6.07. The van der Waals surface area contributed by atoms with Crippen LogP contribution in [0.5, 0.6) is 23.0 Å². The maximum atomic E-state index is 13.1. The van der Waals surface area contributed by atoms with Crippen molar-refractivity contribution in [3.05, 3.63) is 66.5 Å². The Labute approximate surface area is 214 Å². The quantitative estimate of drug-likeness (QED) is 0.321. The number of nitrogen functional groups attached to an aromatic ring is 1. The normalized spacial score (nSPS) is 14.0. The standard InChI is InChI=1S/C28H29FN4O4/c1-34-25-18-24-23(17-26(25)36-14-2-11-33-12-15-35-16-13-33)27(30)32-28(31-24)19-3-7-21(8-4-19)37-22-9-5-20(29)6-10-22/h3-10,17-18H,2,11-16H2,1H3,(H2,30,31,32). The van der Waals surface area contributed by atoms with Gasteiger partial charge in [-0.1, -0.05) is 0 Å². The van der Waals surface area contributed by atoms with E-state index in [1.54, 1.807) is 31.4 Å². The second-order valence-corrected chi connectivity index (χ2v) is 8.69. The average Bonchev–Trinajstić information content (AvgIpc) is 2.93. The summed E-state index contributed by atoms with van der Waals surface area (Å²) < 4.78 is 35.9. The molecule has 1 saturated heterocycles. The van der Waals surface area contributed by atoms with E-state index in [1.165, 1.54) is 12.1 Å². The molecule has 1 aromatic heterocycles. The number of nitrogens with two attached hydrogens (primary N) is 1. The minimum Gasteiger partial charge on any atom is -0.493 e. The molecule has 2 heterocycles. The Balaban J connectivity index is 1.29. The number of nitrogens with zero attached hydrogens (tertiary/aromatic N) is 3. The van der Waals surface area contributed by atoms with Crippen molar-refractivity contribution in [3.8, 4) is 34.4 Å². The van der Waals surface area contributed by atoms with Gasteiger partial charge >= 0.3 is 0 Å². The zero-order valence-corrected chi connectivity index (χ0v) is 20.7. The molecule has 0 saturated carbocycles. The van der Waals surface area contributed by atoms with Gasteiger partial charge in [0.15, 0.2) is 17.3 Å². The average molecular weight is 505 g/mol. The number of rotatable bonds is 9. The highest BCUT2D eigenvalue weighted by Crippen LogP contribution is 2.35. The molecule has 1 fully saturated rings. The fourth-order valence-electron chi connectivity index (χ4n) is 4.17. The van der Waals surface area contributed by atoms with Crippen molar-refractivity contribution in [3.63, 3.8) is 0 Å². The number of hydrogen-bond donors (Lipinski definition) is 1. The van der Waals surface area contributed by atoms with E-state index in [0.29, 0.717) is 52.2 Å². The molecule has 0 aliphatic carbocycles. The van der Waals surface area contributed by atoms with Crippen LogP contribution in [-0.4, -0.2) is 61.4 Å². The van der Waals surface area contributed by atoms with Gasteiger partial charge in [-0.2, -0.15) is 0 Å². The molecular formula is C28H29FN4O4. The predicted molar refractivity (Wildman–Crippen MR) is 140 cm³/mol. The van der Waals surface area contributed by atoms with Crippen LogP contribution in [0.15, 0.2) is 60.7 Å². The molecule has 192 valence electrons. The van der Waals surface area contributed by atoms with Gasteiger partial charge in [-0.25, -0.2) is 14.4 Å². The van der Waals surface area contributed by atoms with E-state index in [-0.39, 0.29) is 5.82 Å². The third-order valence-corrected chi connectivity index (χ3v) is 6.15. The molecule has 2 N–H and O–H groups in total. The number of fused-ring (bicyclic) bond motifs is 1. The van der Waals surface area contributed by atoms with E-state index in [4.69, 9.17) is 29.7 Å². The molecule has 0 bridgehead atoms. The SMILES string of the molecule is COc1cc2nc(-c3ccc(Oc4ccc(F)cc4)cc3)nc(N)c2cc1OCCCN1CCOCC1. The predicted octanol–water partition coefficient (Wildman–Crippen LogP) is 4.92. The van der Waals surface area contributed by atoms with Crippen LogP contribution in [0.2, 0.25) is 0 Å². The number of benzene rings is 3. The fourth-order valence-corrected chi connectivity index (χ4v) is 4.17. The van der Waals surface area contributed by atoms with E-state index in [1.807, 2.05) is 24.3 Å². The Morgan fingerprint density at radius 1 is 0.946 bits per heavy atom. The van der Waals surface area contributed by atoms with Crippen LogP contribution >= 0.6 is 0 Å². The molecule has 1 aliphatic rings. The van der Waals surface area contributed by atoms with Crippen molar-refractivity contribution < 1.29 is 23.3 Å². The molecule has 1 aliphatic heterocycles. The van der Waals surface area contributed by atoms with Crippen LogP contribution in [-0.2, 0) is 4.74 Å². The number of halogens is 1. The zero-order valence-electron chi connectivity index (χ0n) is 20.7. The second-order valence-electron chi connectivity index (χ2n) is 8.69. The highest BCUT2D eigenvalue weighted by atomic mass is 19.1. The number of aromatic nitrogens is 2. The summed E-state index contributed by atoms with van der Waals surface area (Å²) in [4.78, 5) is 11.6. The molecule has 9 heteroatoms. The Morgan fingerprint density at radius 2 is 1.65 bits per heavy atom. The number of ether oxygens (including phenoxy) is 4. The smallest absolute Gasteiger partial charge is 0.162 e. The fraction of sp³-hybridized carbons (Fsp3) is 0.286. The summed E-state index contributed by atoms with van der Waals surface area (Å²) in [5, 5.41) is 0.698. The summed E-state index contributed by atoms with van der Waals surface area (Å²) >= 11 is 0. The summed E-state index contributed by atoms with van der Waals surface area (Å²) in [7, 11) is 1.60. The number of anilines is 1. The first-order valence-electron chi connectivity index (χ1n) is 12.2. The zero-order chi connectivity index (χ0) is 25.6. The van der Waals surface area contributed by atoms with Gasteiger partial charge < -0.3 is 24.7 Å². The molecule has 4 aromatic rings. The first-order chi connectivity index (χ1) is 18.1. The first kappa shape index (κ1) is 24.7. The Morgan fingerprint density at radius 3 is 2.35 bits per heavy atom. The lowest BCUT2D eigenvalue weighted by atomic mass is 10.1. The van der Waals surface area contributed by atoms with Gasteiger partial charge in [0.2, 0.25) is 0 Å². The minimum atomic E-state index is -0.312. The van der Waals surface area contributed by atoms with Gasteiger partial charge in [-0.15, -0.1) is 0 Å². The van der Waals surface area contributed by atoms with E-state index in [9.17, 15) is 4.39 Å². The van der Waals surface area contributed by atoms with Crippen molar-refractivity contribution in [2.75, 3.05) is 52.3 Å². The summed E-state index contributed by atoms with van der Waals surface area (Å²) in [6.45, 7) is 5.01. The van der Waals surface area contributed by atoms with E-state index < -0.39 is 0 Å². The topological polar surface area (TPSA) is 92.0 Å². The van der Waals surface area contributed by atoms with E-state index >= 15 is 0 Å². The largest absolute Gasteiger partial charge is 0.493 e. The highest BCUT2D eigenvalue weighted by Gasteiger charge is 2.14. The van der Waals surface area contributed by atoms with E-state index in [2.05, 4.69) is 9.88 Å². The Hall–Kier alpha value is -3.95. The molecular weight excluding hydrogens is 475 g/mol. The molecule has 0 unspecified atom stereocenters. The maximum Gasteiger partial charge on any atom is 0.162 e. The van der Waals surface area contributed by atoms with Crippen LogP contribution in [0.1, 0.15) is 6.42 Å². The van der Waals surface area contributed by atoms with Crippen LogP contribution in [0, 0.1) is 5.82 Å². The summed E-state index contributed by atoms with van der Waals surface area (Å²) in [6.07, 6.45) is 0.896. The van der Waals surface area contributed by atoms with Crippen molar-refractivity contribution in [2.24, 2.45) is 0 Å². The minimum absolute atomic E-state index is 0.312. The molecule has 5 rings (SSSR count). The Bertz CT molecular complexity index is 1340. The van der Waals surface area contributed by atoms with Crippen LogP contribution in [0.4, 0.5) is 10.2 Å². The molecule has 0 amide bonds. The lowest BCUT2D eigenvalue weighted by molar-refractivity contribution is 0.0357. The van der Waals surface area contributed by atoms with Gasteiger partial charge in [0, 0.05) is 36.7 Å². The molecule has 8 nitrogen and oxygen atoms in total. The van der Waals surface area contributed by atoms with Crippen molar-refractivity contribution >= 4 is 16.7 Å². The third-order valence-electron chi connectivity index (χ3n) is 6.15.